The molecule has 31 heavy (non-hydrogen) atoms. The first-order valence-electron chi connectivity index (χ1n) is 10.5. The number of hydrogen-bond donors (Lipinski definition) is 3. The third-order valence-electron chi connectivity index (χ3n) is 6.24. The molecule has 7 nitrogen and oxygen atoms in total. The Morgan fingerprint density at radius 3 is 2.65 bits per heavy atom. The molecule has 8 heteroatoms. The number of aryl methyl sites for hydroxylation is 2. The number of aromatic amines is 1. The Kier molecular flexibility index (Phi) is 7.51. The van der Waals surface area contributed by atoms with Gasteiger partial charge >= 0.3 is 0 Å². The molecule has 2 aliphatic rings. The standard InChI is InChI=1S/C23H30N2O5.ClH/c1-13-10-16-17(25-13)6-4-14(22(16)26)12-24-18-7-9-20(23(18)27)30-15-5-8-19(28-2)21(11-15)29-3;/h5,8,10-11,14,18,20,23-25,27H,4,6-7,9,12H2,1-3H3;1H. The van der Waals surface area contributed by atoms with Gasteiger partial charge in [-0.15, -0.1) is 12.4 Å². The zero-order chi connectivity index (χ0) is 21.3. The van der Waals surface area contributed by atoms with Crippen LogP contribution in [0.1, 0.15) is 41.0 Å². The maximum atomic E-state index is 12.8. The van der Waals surface area contributed by atoms with Crippen molar-refractivity contribution in [3.05, 3.63) is 41.2 Å². The van der Waals surface area contributed by atoms with Gasteiger partial charge in [0.1, 0.15) is 18.0 Å². The van der Waals surface area contributed by atoms with E-state index in [9.17, 15) is 9.90 Å². The summed E-state index contributed by atoms with van der Waals surface area (Å²) in [5.41, 5.74) is 2.91. The molecule has 3 N–H and O–H groups in total. The number of ether oxygens (including phenoxy) is 3. The fraction of sp³-hybridized carbons (Fsp3) is 0.522. The summed E-state index contributed by atoms with van der Waals surface area (Å²) >= 11 is 0. The highest BCUT2D eigenvalue weighted by Gasteiger charge is 2.37. The Morgan fingerprint density at radius 1 is 1.13 bits per heavy atom. The molecular formula is C23H31ClN2O5. The number of aliphatic hydroxyl groups excluding tert-OH is 1. The first kappa shape index (κ1) is 23.4. The van der Waals surface area contributed by atoms with Crippen LogP contribution in [0.5, 0.6) is 17.2 Å². The number of carbonyl (C=O) groups excluding carboxylic acids is 1. The summed E-state index contributed by atoms with van der Waals surface area (Å²) in [7, 11) is 3.17. The van der Waals surface area contributed by atoms with Crippen LogP contribution in [-0.2, 0) is 6.42 Å². The lowest BCUT2D eigenvalue weighted by Gasteiger charge is -2.25. The normalized spacial score (nSPS) is 25.0. The number of carbonyl (C=O) groups is 1. The van der Waals surface area contributed by atoms with Crippen LogP contribution >= 0.6 is 12.4 Å². The lowest BCUT2D eigenvalue weighted by atomic mass is 9.86. The Hall–Kier alpha value is -2.22. The Bertz CT molecular complexity index is 915. The second-order valence-corrected chi connectivity index (χ2v) is 8.20. The van der Waals surface area contributed by atoms with Crippen LogP contribution in [0.2, 0.25) is 0 Å². The van der Waals surface area contributed by atoms with E-state index in [1.54, 1.807) is 26.4 Å². The van der Waals surface area contributed by atoms with E-state index in [4.69, 9.17) is 14.2 Å². The first-order valence-corrected chi connectivity index (χ1v) is 10.5. The summed E-state index contributed by atoms with van der Waals surface area (Å²) in [5.74, 6) is 2.00. The van der Waals surface area contributed by atoms with Gasteiger partial charge in [-0.25, -0.2) is 0 Å². The molecule has 0 spiro atoms. The average molecular weight is 451 g/mol. The van der Waals surface area contributed by atoms with Gasteiger partial charge in [-0.3, -0.25) is 4.79 Å². The number of aromatic nitrogens is 1. The Balaban J connectivity index is 0.00000272. The van der Waals surface area contributed by atoms with Gasteiger partial charge in [-0.1, -0.05) is 0 Å². The number of methoxy groups -OCH3 is 2. The molecule has 170 valence electrons. The second kappa shape index (κ2) is 9.94. The number of halogens is 1. The number of hydrogen-bond acceptors (Lipinski definition) is 6. The molecule has 0 aliphatic heterocycles. The third-order valence-corrected chi connectivity index (χ3v) is 6.24. The molecule has 1 fully saturated rings. The summed E-state index contributed by atoms with van der Waals surface area (Å²) in [6.45, 7) is 2.56. The lowest BCUT2D eigenvalue weighted by molar-refractivity contribution is 0.0440. The number of ketones is 1. The van der Waals surface area contributed by atoms with Gasteiger partial charge in [-0.05, 0) is 50.8 Å². The van der Waals surface area contributed by atoms with Gasteiger partial charge in [0.15, 0.2) is 17.3 Å². The van der Waals surface area contributed by atoms with Crippen LogP contribution in [0.25, 0.3) is 0 Å². The molecular weight excluding hydrogens is 420 g/mol. The molecule has 0 amide bonds. The van der Waals surface area contributed by atoms with Crippen LogP contribution < -0.4 is 19.5 Å². The van der Waals surface area contributed by atoms with Gasteiger partial charge in [0, 0.05) is 41.5 Å². The van der Waals surface area contributed by atoms with Gasteiger partial charge in [0.05, 0.1) is 14.2 Å². The highest BCUT2D eigenvalue weighted by atomic mass is 35.5. The lowest BCUT2D eigenvalue weighted by Crippen LogP contribution is -2.44. The molecule has 1 heterocycles. The number of fused-ring (bicyclic) bond motifs is 1. The summed E-state index contributed by atoms with van der Waals surface area (Å²) in [6.07, 6.45) is 2.32. The van der Waals surface area contributed by atoms with E-state index in [0.29, 0.717) is 23.8 Å². The molecule has 2 aromatic rings. The highest BCUT2D eigenvalue weighted by Crippen LogP contribution is 2.33. The fourth-order valence-corrected chi connectivity index (χ4v) is 4.58. The smallest absolute Gasteiger partial charge is 0.169 e. The van der Waals surface area contributed by atoms with Crippen molar-refractivity contribution in [2.45, 2.75) is 50.9 Å². The van der Waals surface area contributed by atoms with Gasteiger partial charge in [0.2, 0.25) is 0 Å². The van der Waals surface area contributed by atoms with Crippen molar-refractivity contribution in [1.29, 1.82) is 0 Å². The first-order chi connectivity index (χ1) is 14.5. The molecule has 0 saturated heterocycles. The fourth-order valence-electron chi connectivity index (χ4n) is 4.58. The predicted octanol–water partition coefficient (Wildman–Crippen LogP) is 3.07. The Labute approximate surface area is 188 Å². The third kappa shape index (κ3) is 4.84. The molecule has 4 unspecified atom stereocenters. The van der Waals surface area contributed by atoms with E-state index in [1.165, 1.54) is 0 Å². The van der Waals surface area contributed by atoms with Crippen LogP contribution in [-0.4, -0.2) is 54.9 Å². The summed E-state index contributed by atoms with van der Waals surface area (Å²) < 4.78 is 16.6. The molecule has 1 saturated carbocycles. The topological polar surface area (TPSA) is 92.8 Å². The zero-order valence-corrected chi connectivity index (χ0v) is 19.0. The van der Waals surface area contributed by atoms with E-state index in [-0.39, 0.29) is 36.3 Å². The van der Waals surface area contributed by atoms with Crippen LogP contribution in [0, 0.1) is 12.8 Å². The number of benzene rings is 1. The van der Waals surface area contributed by atoms with Crippen molar-refractivity contribution in [3.63, 3.8) is 0 Å². The Morgan fingerprint density at radius 2 is 1.90 bits per heavy atom. The van der Waals surface area contributed by atoms with Crippen LogP contribution in [0.15, 0.2) is 24.3 Å². The van der Waals surface area contributed by atoms with E-state index in [1.807, 2.05) is 19.1 Å². The SMILES string of the molecule is COc1ccc(OC2CCC(NCC3CCc4[nH]c(C)cc4C3=O)C2O)cc1OC.Cl. The molecule has 0 radical (unpaired) electrons. The molecule has 1 aromatic heterocycles. The maximum absolute atomic E-state index is 12.8. The van der Waals surface area contributed by atoms with Crippen molar-refractivity contribution < 1.29 is 24.1 Å². The second-order valence-electron chi connectivity index (χ2n) is 8.20. The summed E-state index contributed by atoms with van der Waals surface area (Å²) in [5, 5.41) is 14.2. The maximum Gasteiger partial charge on any atom is 0.169 e. The van der Waals surface area contributed by atoms with Gasteiger partial charge in [0.25, 0.3) is 0 Å². The largest absolute Gasteiger partial charge is 0.493 e. The number of nitrogens with one attached hydrogen (secondary N) is 2. The molecule has 4 atom stereocenters. The quantitative estimate of drug-likeness (QED) is 0.600. The number of rotatable bonds is 7. The molecule has 2 aliphatic carbocycles. The van der Waals surface area contributed by atoms with Crippen molar-refractivity contribution in [2.75, 3.05) is 20.8 Å². The highest BCUT2D eigenvalue weighted by molar-refractivity contribution is 6.00. The summed E-state index contributed by atoms with van der Waals surface area (Å²) in [6, 6.07) is 7.23. The minimum Gasteiger partial charge on any atom is -0.493 e. The van der Waals surface area contributed by atoms with Crippen LogP contribution in [0.3, 0.4) is 0 Å². The number of aliphatic hydroxyl groups is 1. The minimum absolute atomic E-state index is 0. The van der Waals surface area contributed by atoms with E-state index in [0.717, 1.165) is 42.6 Å². The zero-order valence-electron chi connectivity index (χ0n) is 18.1. The minimum atomic E-state index is -0.637. The van der Waals surface area contributed by atoms with Crippen molar-refractivity contribution in [2.24, 2.45) is 5.92 Å². The number of Topliss-reactive ketones (excluding diaryl/α,β-unsaturated/α-hetero) is 1. The van der Waals surface area contributed by atoms with Crippen molar-refractivity contribution in [3.8, 4) is 17.2 Å². The molecule has 4 rings (SSSR count). The number of H-pyrrole nitrogens is 1. The van der Waals surface area contributed by atoms with Crippen LogP contribution in [0.4, 0.5) is 0 Å². The summed E-state index contributed by atoms with van der Waals surface area (Å²) in [4.78, 5) is 16.0. The molecule has 0 bridgehead atoms. The predicted molar refractivity (Wildman–Crippen MR) is 120 cm³/mol. The van der Waals surface area contributed by atoms with Crippen molar-refractivity contribution >= 4 is 18.2 Å². The van der Waals surface area contributed by atoms with Gasteiger partial charge < -0.3 is 29.6 Å². The molecule has 1 aromatic carbocycles. The monoisotopic (exact) mass is 450 g/mol. The van der Waals surface area contributed by atoms with Gasteiger partial charge in [-0.2, -0.15) is 0 Å². The van der Waals surface area contributed by atoms with E-state index >= 15 is 0 Å². The average Bonchev–Trinajstić information content (AvgIpc) is 3.30. The van der Waals surface area contributed by atoms with E-state index < -0.39 is 6.10 Å². The van der Waals surface area contributed by atoms with Crippen molar-refractivity contribution in [1.82, 2.24) is 10.3 Å². The van der Waals surface area contributed by atoms with E-state index in [2.05, 4.69) is 10.3 Å².